The average molecular weight is 148 g/mol. The van der Waals surface area contributed by atoms with Crippen molar-refractivity contribution in [1.82, 2.24) is 0 Å². The fourth-order valence-electron chi connectivity index (χ4n) is 0.399. The number of hydrogen-bond acceptors (Lipinski definition) is 0. The van der Waals surface area contributed by atoms with Crippen molar-refractivity contribution < 1.29 is 0 Å². The maximum atomic E-state index is 5.12. The largest absolute Gasteiger partial charge is 0.115 e. The smallest absolute Gasteiger partial charge is 0.0199 e. The molecule has 0 radical (unpaired) electrons. The molecule has 0 saturated carbocycles. The minimum Gasteiger partial charge on any atom is -0.115 e. The number of hydrogen-bond donors (Lipinski definition) is 0. The van der Waals surface area contributed by atoms with E-state index in [1.54, 1.807) is 6.08 Å². The zero-order valence-corrected chi connectivity index (χ0v) is 7.59. The molecule has 0 atom stereocenters. The molecule has 11 heavy (non-hydrogen) atoms. The van der Waals surface area contributed by atoms with E-state index >= 15 is 0 Å². The van der Waals surface area contributed by atoms with Crippen molar-refractivity contribution in [2.45, 2.75) is 20.8 Å². The molecule has 0 N–H and O–H groups in total. The summed E-state index contributed by atoms with van der Waals surface area (Å²) in [6, 6.07) is 0. The first-order chi connectivity index (χ1) is 5.35. The van der Waals surface area contributed by atoms with Crippen LogP contribution in [-0.4, -0.2) is 0 Å². The fraction of sp³-hybridized carbons (Fsp3) is 0.273. The first kappa shape index (κ1) is 12.5. The van der Waals surface area contributed by atoms with Gasteiger partial charge in [0.1, 0.15) is 0 Å². The Labute approximate surface area is 70.3 Å². The topological polar surface area (TPSA) is 0 Å². The van der Waals surface area contributed by atoms with Gasteiger partial charge in [0.15, 0.2) is 0 Å². The van der Waals surface area contributed by atoms with Gasteiger partial charge in [-0.2, -0.15) is 0 Å². The Hall–Kier alpha value is -1.22. The third-order valence-electron chi connectivity index (χ3n) is 0.890. The molecule has 0 aliphatic rings. The summed E-state index contributed by atoms with van der Waals surface area (Å²) in [6.07, 6.45) is 12.3. The second-order valence-corrected chi connectivity index (χ2v) is 1.48. The van der Waals surface area contributed by atoms with Crippen molar-refractivity contribution >= 4 is 0 Å². The predicted octanol–water partition coefficient (Wildman–Crippen LogP) is 3.33. The molecule has 0 heterocycles. The van der Waals surface area contributed by atoms with Crippen LogP contribution in [0.5, 0.6) is 0 Å². The molecule has 0 bridgehead atoms. The zero-order valence-electron chi connectivity index (χ0n) is 7.59. The van der Waals surface area contributed by atoms with Crippen molar-refractivity contribution in [3.8, 4) is 12.3 Å². The van der Waals surface area contributed by atoms with Crippen LogP contribution in [0.4, 0.5) is 0 Å². The van der Waals surface area contributed by atoms with Gasteiger partial charge in [-0.3, -0.25) is 0 Å². The van der Waals surface area contributed by atoms with Crippen LogP contribution in [0.2, 0.25) is 0 Å². The quantitative estimate of drug-likeness (QED) is 0.416. The van der Waals surface area contributed by atoms with Gasteiger partial charge < -0.3 is 0 Å². The Morgan fingerprint density at radius 1 is 1.45 bits per heavy atom. The van der Waals surface area contributed by atoms with Gasteiger partial charge in [-0.05, 0) is 13.0 Å². The van der Waals surface area contributed by atoms with Crippen LogP contribution >= 0.6 is 0 Å². The first-order valence-corrected chi connectivity index (χ1v) is 3.77. The summed E-state index contributed by atoms with van der Waals surface area (Å²) in [5.41, 5.74) is 0.884. The molecule has 0 aromatic rings. The van der Waals surface area contributed by atoms with Crippen molar-refractivity contribution in [3.05, 3.63) is 36.5 Å². The van der Waals surface area contributed by atoms with Gasteiger partial charge in [0.2, 0.25) is 0 Å². The molecule has 60 valence electrons. The molecular weight excluding hydrogens is 132 g/mol. The summed E-state index contributed by atoms with van der Waals surface area (Å²) < 4.78 is 0. The standard InChI is InChI=1S/C9H10.C2H6/c1-4-7-8-9(5-2)6-3;1-2/h2,4,6-8H,1H2,3H3;1-2H3/b8-7-,9-6-;. The average Bonchev–Trinajstić information content (AvgIpc) is 2.10. The molecule has 0 aromatic heterocycles. The van der Waals surface area contributed by atoms with Crippen LogP contribution in [0.3, 0.4) is 0 Å². The minimum atomic E-state index is 0.884. The van der Waals surface area contributed by atoms with Gasteiger partial charge in [0, 0.05) is 5.57 Å². The van der Waals surface area contributed by atoms with E-state index in [0.29, 0.717) is 0 Å². The number of rotatable bonds is 2. The second kappa shape index (κ2) is 11.6. The first-order valence-electron chi connectivity index (χ1n) is 3.77. The molecule has 0 saturated heterocycles. The van der Waals surface area contributed by atoms with Gasteiger partial charge in [0.25, 0.3) is 0 Å². The van der Waals surface area contributed by atoms with Gasteiger partial charge in [-0.15, -0.1) is 6.42 Å². The van der Waals surface area contributed by atoms with Gasteiger partial charge in [-0.25, -0.2) is 0 Å². The molecule has 0 amide bonds. The normalized spacial score (nSPS) is 9.82. The lowest BCUT2D eigenvalue weighted by molar-refractivity contribution is 1.50. The van der Waals surface area contributed by atoms with Crippen molar-refractivity contribution in [1.29, 1.82) is 0 Å². The van der Waals surface area contributed by atoms with Crippen LogP contribution in [-0.2, 0) is 0 Å². The number of terminal acetylenes is 1. The summed E-state index contributed by atoms with van der Waals surface area (Å²) in [7, 11) is 0. The third kappa shape index (κ3) is 8.78. The van der Waals surface area contributed by atoms with Crippen LogP contribution in [0.1, 0.15) is 20.8 Å². The summed E-state index contributed by atoms with van der Waals surface area (Å²) in [4.78, 5) is 0. The molecule has 0 aliphatic heterocycles. The Kier molecular flexibility index (Phi) is 13.1. The molecule has 0 aliphatic carbocycles. The van der Waals surface area contributed by atoms with Crippen LogP contribution in [0.15, 0.2) is 36.5 Å². The molecule has 0 heteroatoms. The van der Waals surface area contributed by atoms with E-state index < -0.39 is 0 Å². The lowest BCUT2D eigenvalue weighted by Gasteiger charge is -1.82. The monoisotopic (exact) mass is 148 g/mol. The highest BCUT2D eigenvalue weighted by molar-refractivity contribution is 5.36. The Morgan fingerprint density at radius 3 is 2.27 bits per heavy atom. The van der Waals surface area contributed by atoms with Crippen molar-refractivity contribution in [3.63, 3.8) is 0 Å². The van der Waals surface area contributed by atoms with Gasteiger partial charge in [-0.1, -0.05) is 44.6 Å². The van der Waals surface area contributed by atoms with E-state index in [2.05, 4.69) is 12.5 Å². The molecule has 0 fully saturated rings. The second-order valence-electron chi connectivity index (χ2n) is 1.48. The Morgan fingerprint density at radius 2 is 2.00 bits per heavy atom. The summed E-state index contributed by atoms with van der Waals surface area (Å²) in [6.45, 7) is 9.42. The highest BCUT2D eigenvalue weighted by Gasteiger charge is 1.76. The fourth-order valence-corrected chi connectivity index (χ4v) is 0.399. The third-order valence-corrected chi connectivity index (χ3v) is 0.890. The highest BCUT2D eigenvalue weighted by atomic mass is 13.8. The van der Waals surface area contributed by atoms with Gasteiger partial charge >= 0.3 is 0 Å². The molecule has 0 nitrogen and oxygen atoms in total. The maximum absolute atomic E-state index is 5.12. The lowest BCUT2D eigenvalue weighted by Crippen LogP contribution is -1.65. The summed E-state index contributed by atoms with van der Waals surface area (Å²) >= 11 is 0. The number of allylic oxidation sites excluding steroid dienone is 5. The van der Waals surface area contributed by atoms with E-state index in [0.717, 1.165) is 5.57 Å². The zero-order chi connectivity index (χ0) is 9.11. The van der Waals surface area contributed by atoms with Crippen molar-refractivity contribution in [2.24, 2.45) is 0 Å². The van der Waals surface area contributed by atoms with E-state index in [1.807, 2.05) is 39.0 Å². The van der Waals surface area contributed by atoms with Gasteiger partial charge in [0.05, 0.1) is 0 Å². The van der Waals surface area contributed by atoms with E-state index in [4.69, 9.17) is 6.42 Å². The van der Waals surface area contributed by atoms with Crippen molar-refractivity contribution in [2.75, 3.05) is 0 Å². The molecule has 0 rings (SSSR count). The Bertz CT molecular complexity index is 175. The predicted molar refractivity (Wildman–Crippen MR) is 53.3 cm³/mol. The Balaban J connectivity index is 0. The molecule has 0 unspecified atom stereocenters. The van der Waals surface area contributed by atoms with Crippen LogP contribution in [0.25, 0.3) is 0 Å². The van der Waals surface area contributed by atoms with Crippen LogP contribution < -0.4 is 0 Å². The summed E-state index contributed by atoms with van der Waals surface area (Å²) in [5, 5.41) is 0. The molecule has 0 aromatic carbocycles. The SMILES string of the molecule is C#CC(/C=C\C=C)=C/C.CC. The van der Waals surface area contributed by atoms with E-state index in [9.17, 15) is 0 Å². The lowest BCUT2D eigenvalue weighted by atomic mass is 10.2. The maximum Gasteiger partial charge on any atom is 0.0199 e. The van der Waals surface area contributed by atoms with Crippen LogP contribution in [0, 0.1) is 12.3 Å². The minimum absolute atomic E-state index is 0.884. The molecular formula is C11H16. The van der Waals surface area contributed by atoms with E-state index in [-0.39, 0.29) is 0 Å². The summed E-state index contributed by atoms with van der Waals surface area (Å²) in [5.74, 6) is 2.51. The molecule has 0 spiro atoms. The van der Waals surface area contributed by atoms with E-state index in [1.165, 1.54) is 0 Å². The highest BCUT2D eigenvalue weighted by Crippen LogP contribution is 1.92.